The number of hydrogen-bond acceptors (Lipinski definition) is 9. The van der Waals surface area contributed by atoms with Crippen molar-refractivity contribution >= 4 is 22.5 Å². The van der Waals surface area contributed by atoms with Crippen molar-refractivity contribution in [3.8, 4) is 23.0 Å². The van der Waals surface area contributed by atoms with E-state index in [9.17, 15) is 14.7 Å². The Bertz CT molecular complexity index is 1640. The fourth-order valence-corrected chi connectivity index (χ4v) is 6.00. The highest BCUT2D eigenvalue weighted by molar-refractivity contribution is 6.01. The minimum atomic E-state index is -0.301. The Morgan fingerprint density at radius 1 is 0.977 bits per heavy atom. The molecule has 0 fully saturated rings. The minimum Gasteiger partial charge on any atom is -0.493 e. The summed E-state index contributed by atoms with van der Waals surface area (Å²) >= 11 is 0. The number of anilines is 1. The monoisotopic (exact) mass is 603 g/mol. The topological polar surface area (TPSA) is 133 Å². The van der Waals surface area contributed by atoms with E-state index >= 15 is 0 Å². The number of rotatable bonds is 12. The zero-order valence-corrected chi connectivity index (χ0v) is 25.9. The average Bonchev–Trinajstić information content (AvgIpc) is 3.56. The van der Waals surface area contributed by atoms with E-state index in [-0.39, 0.29) is 29.7 Å². The normalized spacial score (nSPS) is 17.4. The molecule has 1 aromatic heterocycles. The molecular formula is C34H41N3O7. The lowest BCUT2D eigenvalue weighted by Gasteiger charge is -2.23. The van der Waals surface area contributed by atoms with E-state index in [1.807, 2.05) is 13.1 Å². The SMILES string of the molecule is COc1cc(C(=O)N2C=C(C)CC2CO)c(N)cc1OCCCCCOc1cc2ncc3c(c(=O)c2cc1OC)CC(C)C3. The van der Waals surface area contributed by atoms with E-state index in [4.69, 9.17) is 24.7 Å². The first-order chi connectivity index (χ1) is 21.2. The van der Waals surface area contributed by atoms with E-state index in [1.165, 1.54) is 12.0 Å². The summed E-state index contributed by atoms with van der Waals surface area (Å²) in [7, 11) is 3.08. The molecule has 2 heterocycles. The van der Waals surface area contributed by atoms with Gasteiger partial charge in [0.05, 0.1) is 56.5 Å². The van der Waals surface area contributed by atoms with Crippen LogP contribution in [0.2, 0.25) is 0 Å². The van der Waals surface area contributed by atoms with Crippen molar-refractivity contribution in [2.24, 2.45) is 5.92 Å². The fourth-order valence-electron chi connectivity index (χ4n) is 6.00. The fraction of sp³-hybridized carbons (Fsp3) is 0.441. The summed E-state index contributed by atoms with van der Waals surface area (Å²) in [5.41, 5.74) is 10.4. The molecule has 1 aliphatic heterocycles. The number of aromatic nitrogens is 1. The van der Waals surface area contributed by atoms with Crippen LogP contribution in [0.5, 0.6) is 23.0 Å². The Morgan fingerprint density at radius 2 is 1.66 bits per heavy atom. The summed E-state index contributed by atoms with van der Waals surface area (Å²) in [6.07, 6.45) is 8.24. The number of carbonyl (C=O) groups excluding carboxylic acids is 1. The molecule has 234 valence electrons. The van der Waals surface area contributed by atoms with Crippen LogP contribution >= 0.6 is 0 Å². The van der Waals surface area contributed by atoms with E-state index in [2.05, 4.69) is 11.9 Å². The van der Waals surface area contributed by atoms with Crippen LogP contribution in [0.1, 0.15) is 61.0 Å². The molecule has 1 aliphatic carbocycles. The van der Waals surface area contributed by atoms with Crippen molar-refractivity contribution < 1.29 is 28.8 Å². The maximum atomic E-state index is 13.2. The highest BCUT2D eigenvalue weighted by Crippen LogP contribution is 2.35. The highest BCUT2D eigenvalue weighted by atomic mass is 16.5. The number of methoxy groups -OCH3 is 2. The second-order valence-electron chi connectivity index (χ2n) is 11.7. The Kier molecular flexibility index (Phi) is 9.58. The zero-order valence-electron chi connectivity index (χ0n) is 25.9. The molecule has 10 nitrogen and oxygen atoms in total. The Labute approximate surface area is 257 Å². The van der Waals surface area contributed by atoms with Gasteiger partial charge in [0.15, 0.2) is 28.4 Å². The Morgan fingerprint density at radius 3 is 2.34 bits per heavy atom. The Balaban J connectivity index is 1.15. The number of amides is 1. The number of nitrogens with two attached hydrogens (primary N) is 1. The number of aliphatic hydroxyl groups is 1. The summed E-state index contributed by atoms with van der Waals surface area (Å²) in [5.74, 6) is 2.11. The van der Waals surface area contributed by atoms with Crippen LogP contribution in [-0.2, 0) is 12.8 Å². The lowest BCUT2D eigenvalue weighted by molar-refractivity contribution is 0.0732. The quantitative estimate of drug-likeness (QED) is 0.224. The third-order valence-corrected chi connectivity index (χ3v) is 8.29. The van der Waals surface area contributed by atoms with Crippen molar-refractivity contribution in [1.82, 2.24) is 9.88 Å². The van der Waals surface area contributed by atoms with E-state index in [0.29, 0.717) is 65.0 Å². The number of unbranched alkanes of at least 4 members (excludes halogenated alkanes) is 2. The molecule has 0 spiro atoms. The standard InChI is InChI=1S/C34H41N3O7/c1-20-10-22-17-36-28-16-32(30(42-4)14-26(28)33(39)24(22)12-20)44-9-7-5-6-8-43-31-15-27(35)25(13-29(31)41-3)34(40)37-18-21(2)11-23(37)19-38/h13-18,20,23,38H,5-12,19,35H2,1-4H3. The molecule has 3 aromatic rings. The molecule has 0 saturated carbocycles. The van der Waals surface area contributed by atoms with Crippen LogP contribution in [0.15, 0.2) is 47.0 Å². The summed E-state index contributed by atoms with van der Waals surface area (Å²) in [6, 6.07) is 6.42. The molecule has 5 rings (SSSR count). The molecule has 0 bridgehead atoms. The summed E-state index contributed by atoms with van der Waals surface area (Å²) < 4.78 is 23.0. The minimum absolute atomic E-state index is 0.0236. The summed E-state index contributed by atoms with van der Waals surface area (Å²) in [5, 5.41) is 10.2. The first kappa shape index (κ1) is 31.1. The predicted octanol–water partition coefficient (Wildman–Crippen LogP) is 4.67. The van der Waals surface area contributed by atoms with Gasteiger partial charge in [0.2, 0.25) is 0 Å². The number of ether oxygens (including phenoxy) is 4. The van der Waals surface area contributed by atoms with Gasteiger partial charge in [0, 0.05) is 35.8 Å². The highest BCUT2D eigenvalue weighted by Gasteiger charge is 2.30. The van der Waals surface area contributed by atoms with Crippen LogP contribution in [0.4, 0.5) is 5.69 Å². The predicted molar refractivity (Wildman–Crippen MR) is 169 cm³/mol. The summed E-state index contributed by atoms with van der Waals surface area (Å²) in [6.45, 7) is 4.84. The van der Waals surface area contributed by atoms with Gasteiger partial charge in [-0.15, -0.1) is 0 Å². The van der Waals surface area contributed by atoms with Crippen LogP contribution in [-0.4, -0.2) is 61.0 Å². The van der Waals surface area contributed by atoms with Crippen molar-refractivity contribution in [2.75, 3.05) is 39.8 Å². The number of hydrogen-bond donors (Lipinski definition) is 2. The third-order valence-electron chi connectivity index (χ3n) is 8.29. The van der Waals surface area contributed by atoms with Gasteiger partial charge in [-0.1, -0.05) is 12.5 Å². The number of aliphatic hydroxyl groups excluding tert-OH is 1. The lowest BCUT2D eigenvalue weighted by Crippen LogP contribution is -2.35. The first-order valence-electron chi connectivity index (χ1n) is 15.1. The van der Waals surface area contributed by atoms with E-state index in [0.717, 1.165) is 48.8 Å². The van der Waals surface area contributed by atoms with Crippen molar-refractivity contribution in [2.45, 2.75) is 58.4 Å². The van der Waals surface area contributed by atoms with Crippen LogP contribution in [0, 0.1) is 5.92 Å². The molecule has 3 N–H and O–H groups in total. The number of fused-ring (bicyclic) bond motifs is 2. The van der Waals surface area contributed by atoms with E-state index < -0.39 is 0 Å². The molecule has 1 amide bonds. The van der Waals surface area contributed by atoms with Gasteiger partial charge < -0.3 is 34.7 Å². The van der Waals surface area contributed by atoms with Crippen molar-refractivity contribution in [3.63, 3.8) is 0 Å². The molecule has 10 heteroatoms. The molecule has 2 aromatic carbocycles. The Hall–Kier alpha value is -4.31. The van der Waals surface area contributed by atoms with E-state index in [1.54, 1.807) is 37.6 Å². The smallest absolute Gasteiger partial charge is 0.260 e. The molecule has 2 atom stereocenters. The summed E-state index contributed by atoms with van der Waals surface area (Å²) in [4.78, 5) is 32.5. The second-order valence-corrected chi connectivity index (χ2v) is 11.7. The number of benzene rings is 2. The zero-order chi connectivity index (χ0) is 31.4. The number of carbonyl (C=O) groups is 1. The van der Waals surface area contributed by atoms with Crippen LogP contribution < -0.4 is 30.1 Å². The van der Waals surface area contributed by atoms with Gasteiger partial charge in [-0.2, -0.15) is 0 Å². The van der Waals surface area contributed by atoms with Gasteiger partial charge in [-0.25, -0.2) is 0 Å². The van der Waals surface area contributed by atoms with Crippen LogP contribution in [0.3, 0.4) is 0 Å². The number of nitrogen functional groups attached to an aromatic ring is 1. The molecule has 0 saturated heterocycles. The maximum absolute atomic E-state index is 13.2. The van der Waals surface area contributed by atoms with Gasteiger partial charge in [0.25, 0.3) is 5.91 Å². The molecule has 44 heavy (non-hydrogen) atoms. The van der Waals surface area contributed by atoms with Crippen LogP contribution in [0.25, 0.3) is 10.9 Å². The van der Waals surface area contributed by atoms with Gasteiger partial charge in [-0.3, -0.25) is 14.6 Å². The third kappa shape index (κ3) is 6.45. The maximum Gasteiger partial charge on any atom is 0.260 e. The van der Waals surface area contributed by atoms with Gasteiger partial charge in [0.1, 0.15) is 0 Å². The van der Waals surface area contributed by atoms with Crippen molar-refractivity contribution in [3.05, 3.63) is 69.1 Å². The van der Waals surface area contributed by atoms with Gasteiger partial charge >= 0.3 is 0 Å². The number of nitrogens with zero attached hydrogens (tertiary/aromatic N) is 2. The largest absolute Gasteiger partial charge is 0.493 e. The molecular weight excluding hydrogens is 562 g/mol. The second kappa shape index (κ2) is 13.5. The molecule has 0 radical (unpaired) electrons. The van der Waals surface area contributed by atoms with Gasteiger partial charge in [-0.05, 0) is 69.1 Å². The molecule has 2 aliphatic rings. The average molecular weight is 604 g/mol. The molecule has 2 unspecified atom stereocenters. The lowest BCUT2D eigenvalue weighted by atomic mass is 10.1. The first-order valence-corrected chi connectivity index (χ1v) is 15.1. The van der Waals surface area contributed by atoms with Crippen molar-refractivity contribution in [1.29, 1.82) is 0 Å².